The molecule has 1 unspecified atom stereocenters. The van der Waals surface area contributed by atoms with Gasteiger partial charge in [-0.1, -0.05) is 67.4 Å². The van der Waals surface area contributed by atoms with Crippen LogP contribution >= 0.6 is 23.2 Å². The van der Waals surface area contributed by atoms with Gasteiger partial charge in [0.1, 0.15) is 0 Å². The first-order valence-electron chi connectivity index (χ1n) is 9.85. The second-order valence-electron chi connectivity index (χ2n) is 7.69. The zero-order valence-corrected chi connectivity index (χ0v) is 19.8. The lowest BCUT2D eigenvalue weighted by Crippen LogP contribution is -2.33. The van der Waals surface area contributed by atoms with Gasteiger partial charge in [0.2, 0.25) is 15.9 Å². The van der Waals surface area contributed by atoms with Crippen LogP contribution in [0.5, 0.6) is 0 Å². The Hall–Kier alpha value is -1.76. The molecule has 0 radical (unpaired) electrons. The quantitative estimate of drug-likeness (QED) is 0.502. The molecule has 0 bridgehead atoms. The molecule has 0 aliphatic carbocycles. The van der Waals surface area contributed by atoms with Crippen LogP contribution in [0.1, 0.15) is 44.7 Å². The summed E-state index contributed by atoms with van der Waals surface area (Å²) < 4.78 is 25.7. The van der Waals surface area contributed by atoms with Crippen molar-refractivity contribution >= 4 is 44.8 Å². The van der Waals surface area contributed by atoms with Crippen molar-refractivity contribution in [3.63, 3.8) is 0 Å². The second-order valence-corrected chi connectivity index (χ2v) is 10.4. The smallest absolute Gasteiger partial charge is 0.232 e. The molecule has 1 N–H and O–H groups in total. The first-order chi connectivity index (χ1) is 14.1. The molecule has 2 rings (SSSR count). The first-order valence-corrected chi connectivity index (χ1v) is 12.5. The van der Waals surface area contributed by atoms with E-state index in [0.717, 1.165) is 18.2 Å². The summed E-state index contributed by atoms with van der Waals surface area (Å²) in [6.07, 6.45) is 2.48. The third-order valence-corrected chi connectivity index (χ3v) is 6.32. The third kappa shape index (κ3) is 7.49. The molecule has 0 fully saturated rings. The fourth-order valence-corrected chi connectivity index (χ4v) is 4.63. The molecule has 0 spiro atoms. The fraction of sp³-hybridized carbons (Fsp3) is 0.409. The van der Waals surface area contributed by atoms with Gasteiger partial charge in [0.05, 0.1) is 23.0 Å². The van der Waals surface area contributed by atoms with Gasteiger partial charge in [0, 0.05) is 18.0 Å². The van der Waals surface area contributed by atoms with E-state index in [0.29, 0.717) is 23.0 Å². The molecule has 30 heavy (non-hydrogen) atoms. The van der Waals surface area contributed by atoms with Crippen LogP contribution in [0.4, 0.5) is 5.69 Å². The van der Waals surface area contributed by atoms with Crippen LogP contribution in [0.15, 0.2) is 48.5 Å². The average Bonchev–Trinajstić information content (AvgIpc) is 2.66. The number of amides is 1. The molecule has 0 aromatic heterocycles. The minimum Gasteiger partial charge on any atom is -0.349 e. The number of benzene rings is 2. The highest BCUT2D eigenvalue weighted by molar-refractivity contribution is 7.92. The molecule has 1 atom stereocenters. The predicted octanol–water partition coefficient (Wildman–Crippen LogP) is 5.44. The van der Waals surface area contributed by atoms with Gasteiger partial charge < -0.3 is 5.32 Å². The maximum atomic E-state index is 12.6. The summed E-state index contributed by atoms with van der Waals surface area (Å²) in [5, 5.41) is 3.76. The van der Waals surface area contributed by atoms with Gasteiger partial charge in [-0.15, -0.1) is 0 Å². The van der Waals surface area contributed by atoms with Crippen molar-refractivity contribution in [1.82, 2.24) is 5.32 Å². The minimum absolute atomic E-state index is 0.0768. The number of nitrogens with zero attached hydrogens (tertiary/aromatic N) is 1. The number of hydrogen-bond donors (Lipinski definition) is 1. The normalized spacial score (nSPS) is 12.6. The highest BCUT2D eigenvalue weighted by Gasteiger charge is 2.21. The monoisotopic (exact) mass is 470 g/mol. The Balaban J connectivity index is 2.03. The SMILES string of the molecule is CC(C)CC(NC(=O)CCCN(c1cc(Cl)ccc1Cl)S(C)(=O)=O)c1ccccc1. The van der Waals surface area contributed by atoms with Crippen molar-refractivity contribution in [3.8, 4) is 0 Å². The van der Waals surface area contributed by atoms with E-state index in [1.165, 1.54) is 10.4 Å². The maximum absolute atomic E-state index is 12.6. The first kappa shape index (κ1) is 24.5. The van der Waals surface area contributed by atoms with Crippen molar-refractivity contribution in [1.29, 1.82) is 0 Å². The van der Waals surface area contributed by atoms with Crippen LogP contribution in [0.2, 0.25) is 10.0 Å². The molecular weight excluding hydrogens is 443 g/mol. The van der Waals surface area contributed by atoms with Gasteiger partial charge >= 0.3 is 0 Å². The summed E-state index contributed by atoms with van der Waals surface area (Å²) in [6.45, 7) is 4.36. The molecule has 2 aromatic rings. The van der Waals surface area contributed by atoms with Crippen LogP contribution in [-0.2, 0) is 14.8 Å². The standard InChI is InChI=1S/C22H28Cl2N2O3S/c1-16(2)14-20(17-8-5-4-6-9-17)25-22(27)10-7-13-26(30(3,28)29)21-15-18(23)11-12-19(21)24/h4-6,8-9,11-12,15-16,20H,7,10,13-14H2,1-3H3,(H,25,27). The topological polar surface area (TPSA) is 66.5 Å². The molecule has 1 amide bonds. The molecule has 0 aliphatic rings. The van der Waals surface area contributed by atoms with E-state index in [1.807, 2.05) is 30.3 Å². The fourth-order valence-electron chi connectivity index (χ4n) is 3.23. The Kier molecular flexibility index (Phi) is 9.01. The zero-order valence-electron chi connectivity index (χ0n) is 17.4. The number of hydrogen-bond acceptors (Lipinski definition) is 3. The summed E-state index contributed by atoms with van der Waals surface area (Å²) in [6, 6.07) is 14.4. The number of carbonyl (C=O) groups is 1. The largest absolute Gasteiger partial charge is 0.349 e. The zero-order chi connectivity index (χ0) is 22.3. The van der Waals surface area contributed by atoms with E-state index in [9.17, 15) is 13.2 Å². The lowest BCUT2D eigenvalue weighted by molar-refractivity contribution is -0.122. The number of nitrogens with one attached hydrogen (secondary N) is 1. The molecule has 2 aromatic carbocycles. The van der Waals surface area contributed by atoms with Gasteiger partial charge in [-0.05, 0) is 42.5 Å². The summed E-state index contributed by atoms with van der Waals surface area (Å²) in [5.41, 5.74) is 1.37. The molecule has 0 aliphatic heterocycles. The van der Waals surface area contributed by atoms with Crippen molar-refractivity contribution in [2.24, 2.45) is 5.92 Å². The van der Waals surface area contributed by atoms with Crippen molar-refractivity contribution in [2.75, 3.05) is 17.1 Å². The van der Waals surface area contributed by atoms with Gasteiger partial charge in [-0.25, -0.2) is 8.42 Å². The van der Waals surface area contributed by atoms with E-state index in [2.05, 4.69) is 19.2 Å². The van der Waals surface area contributed by atoms with E-state index in [1.54, 1.807) is 12.1 Å². The van der Waals surface area contributed by atoms with Crippen molar-refractivity contribution in [3.05, 3.63) is 64.1 Å². The summed E-state index contributed by atoms with van der Waals surface area (Å²) >= 11 is 12.2. The Morgan fingerprint density at radius 3 is 2.37 bits per heavy atom. The average molecular weight is 471 g/mol. The molecular formula is C22H28Cl2N2O3S. The highest BCUT2D eigenvalue weighted by atomic mass is 35.5. The van der Waals surface area contributed by atoms with E-state index < -0.39 is 10.0 Å². The van der Waals surface area contributed by atoms with E-state index in [4.69, 9.17) is 23.2 Å². The van der Waals surface area contributed by atoms with Crippen LogP contribution in [0.25, 0.3) is 0 Å². The van der Waals surface area contributed by atoms with Gasteiger partial charge in [-0.2, -0.15) is 0 Å². The third-order valence-electron chi connectivity index (χ3n) is 4.59. The molecule has 0 heterocycles. The van der Waals surface area contributed by atoms with Gasteiger partial charge in [0.25, 0.3) is 0 Å². The van der Waals surface area contributed by atoms with Crippen molar-refractivity contribution < 1.29 is 13.2 Å². The van der Waals surface area contributed by atoms with Crippen LogP contribution in [0.3, 0.4) is 0 Å². The maximum Gasteiger partial charge on any atom is 0.232 e. The van der Waals surface area contributed by atoms with Gasteiger partial charge in [-0.3, -0.25) is 9.10 Å². The Labute approximate surface area is 189 Å². The van der Waals surface area contributed by atoms with Crippen molar-refractivity contribution in [2.45, 2.75) is 39.2 Å². The van der Waals surface area contributed by atoms with Gasteiger partial charge in [0.15, 0.2) is 0 Å². The number of anilines is 1. The highest BCUT2D eigenvalue weighted by Crippen LogP contribution is 2.31. The molecule has 0 saturated carbocycles. The lowest BCUT2D eigenvalue weighted by atomic mass is 9.97. The summed E-state index contributed by atoms with van der Waals surface area (Å²) in [4.78, 5) is 12.6. The Bertz CT molecular complexity index is 950. The molecule has 164 valence electrons. The van der Waals surface area contributed by atoms with Crippen LogP contribution in [0, 0.1) is 5.92 Å². The number of rotatable bonds is 10. The Morgan fingerprint density at radius 1 is 1.10 bits per heavy atom. The predicted molar refractivity (Wildman–Crippen MR) is 125 cm³/mol. The number of sulfonamides is 1. The Morgan fingerprint density at radius 2 is 1.77 bits per heavy atom. The van der Waals surface area contributed by atoms with Crippen LogP contribution < -0.4 is 9.62 Å². The van der Waals surface area contributed by atoms with E-state index in [-0.39, 0.29) is 29.9 Å². The number of carbonyl (C=O) groups excluding carboxylic acids is 1. The van der Waals surface area contributed by atoms with Crippen LogP contribution in [-0.4, -0.2) is 27.1 Å². The molecule has 5 nitrogen and oxygen atoms in total. The molecule has 8 heteroatoms. The summed E-state index contributed by atoms with van der Waals surface area (Å²) in [5.74, 6) is 0.302. The second kappa shape index (κ2) is 11.0. The minimum atomic E-state index is -3.58. The lowest BCUT2D eigenvalue weighted by Gasteiger charge is -2.24. The molecule has 0 saturated heterocycles. The summed E-state index contributed by atoms with van der Waals surface area (Å²) in [7, 11) is -3.58. The number of halogens is 2. The van der Waals surface area contributed by atoms with E-state index >= 15 is 0 Å².